The zero-order valence-corrected chi connectivity index (χ0v) is 19.2. The zero-order chi connectivity index (χ0) is 25.4. The normalized spacial score (nSPS) is 13.4. The van der Waals surface area contributed by atoms with Gasteiger partial charge in [-0.1, -0.05) is 12.1 Å². The number of anilines is 3. The van der Waals surface area contributed by atoms with Gasteiger partial charge in [-0.2, -0.15) is 18.3 Å². The van der Waals surface area contributed by atoms with Gasteiger partial charge in [0.15, 0.2) is 5.69 Å². The van der Waals surface area contributed by atoms with Crippen LogP contribution < -0.4 is 16.0 Å². The van der Waals surface area contributed by atoms with Gasteiger partial charge < -0.3 is 16.0 Å². The minimum absolute atomic E-state index is 0.0915. The number of alkyl halides is 3. The fraction of sp³-hybridized carbons (Fsp3) is 0.192. The van der Waals surface area contributed by atoms with E-state index in [1.807, 2.05) is 19.1 Å². The first kappa shape index (κ1) is 23.4. The van der Waals surface area contributed by atoms with E-state index < -0.39 is 17.6 Å². The maximum absolute atomic E-state index is 13.0. The molecule has 1 aliphatic rings. The summed E-state index contributed by atoms with van der Waals surface area (Å²) in [5.74, 6) is -0.851. The second-order valence-corrected chi connectivity index (χ2v) is 8.77. The number of aryl methyl sites for hydroxylation is 1. The van der Waals surface area contributed by atoms with E-state index in [1.54, 1.807) is 24.3 Å². The van der Waals surface area contributed by atoms with Crippen LogP contribution in [-0.2, 0) is 6.18 Å². The fourth-order valence-corrected chi connectivity index (χ4v) is 3.78. The Morgan fingerprint density at radius 3 is 2.50 bits per heavy atom. The number of hydrogen-bond acceptors (Lipinski definition) is 4. The van der Waals surface area contributed by atoms with Crippen LogP contribution in [0.1, 0.15) is 44.8 Å². The Morgan fingerprint density at radius 2 is 1.75 bits per heavy atom. The standard InChI is InChI=1S/C26H22F3N5O2/c1-14-5-6-19(32-24(35)15-3-2-4-16(11-15)26(27,28)29)12-21(14)30-18-9-10-20-22(13-18)33-34-23(20)25(36)31-17-7-8-17/h2-6,9-13,17,30H,7-8H2,1H3,(H,31,36)(H,32,35)(H,33,34). The highest BCUT2D eigenvalue weighted by molar-refractivity contribution is 6.06. The van der Waals surface area contributed by atoms with Crippen LogP contribution in [0.3, 0.4) is 0 Å². The lowest BCUT2D eigenvalue weighted by Gasteiger charge is -2.13. The average Bonchev–Trinajstić information content (AvgIpc) is 3.55. The third kappa shape index (κ3) is 5.02. The molecule has 0 aliphatic heterocycles. The summed E-state index contributed by atoms with van der Waals surface area (Å²) in [5.41, 5.74) is 2.79. The van der Waals surface area contributed by atoms with Crippen LogP contribution in [0.5, 0.6) is 0 Å². The SMILES string of the molecule is Cc1ccc(NC(=O)c2cccc(C(F)(F)F)c2)cc1Nc1ccc2c(C(=O)NC3CC3)n[nH]c2c1. The van der Waals surface area contributed by atoms with Gasteiger partial charge in [0, 0.05) is 34.1 Å². The fourth-order valence-electron chi connectivity index (χ4n) is 3.78. The number of aromatic amines is 1. The van der Waals surface area contributed by atoms with Crippen LogP contribution in [0.4, 0.5) is 30.2 Å². The van der Waals surface area contributed by atoms with Crippen molar-refractivity contribution >= 4 is 39.8 Å². The molecule has 2 amide bonds. The van der Waals surface area contributed by atoms with Gasteiger partial charge in [-0.05, 0) is 73.9 Å². The van der Waals surface area contributed by atoms with Crippen LogP contribution in [0, 0.1) is 6.92 Å². The lowest BCUT2D eigenvalue weighted by molar-refractivity contribution is -0.137. The summed E-state index contributed by atoms with van der Waals surface area (Å²) in [7, 11) is 0. The molecule has 1 aromatic heterocycles. The van der Waals surface area contributed by atoms with Gasteiger partial charge in [0.1, 0.15) is 0 Å². The summed E-state index contributed by atoms with van der Waals surface area (Å²) in [6, 6.07) is 15.1. The maximum atomic E-state index is 13.0. The average molecular weight is 493 g/mol. The van der Waals surface area contributed by atoms with E-state index in [9.17, 15) is 22.8 Å². The van der Waals surface area contributed by atoms with Gasteiger partial charge in [0.2, 0.25) is 0 Å². The first-order valence-electron chi connectivity index (χ1n) is 11.3. The highest BCUT2D eigenvalue weighted by Gasteiger charge is 2.31. The predicted molar refractivity (Wildman–Crippen MR) is 130 cm³/mol. The van der Waals surface area contributed by atoms with Gasteiger partial charge in [0.25, 0.3) is 11.8 Å². The Kier molecular flexibility index (Phi) is 5.87. The number of nitrogens with zero attached hydrogens (tertiary/aromatic N) is 1. The number of amides is 2. The number of aromatic nitrogens is 2. The van der Waals surface area contributed by atoms with Crippen LogP contribution in [0.2, 0.25) is 0 Å². The molecule has 10 heteroatoms. The Morgan fingerprint density at radius 1 is 0.972 bits per heavy atom. The second-order valence-electron chi connectivity index (χ2n) is 8.77. The summed E-state index contributed by atoms with van der Waals surface area (Å²) < 4.78 is 39.0. The number of rotatable bonds is 6. The van der Waals surface area contributed by atoms with E-state index in [0.29, 0.717) is 28.0 Å². The largest absolute Gasteiger partial charge is 0.416 e. The highest BCUT2D eigenvalue weighted by Crippen LogP contribution is 2.30. The summed E-state index contributed by atoms with van der Waals surface area (Å²) in [5, 5.41) is 16.6. The summed E-state index contributed by atoms with van der Waals surface area (Å²) in [6.07, 6.45) is -2.56. The number of halogens is 3. The first-order valence-corrected chi connectivity index (χ1v) is 11.3. The van der Waals surface area contributed by atoms with Crippen molar-refractivity contribution < 1.29 is 22.8 Å². The molecule has 1 aliphatic carbocycles. The van der Waals surface area contributed by atoms with Crippen molar-refractivity contribution in [3.8, 4) is 0 Å². The topological polar surface area (TPSA) is 98.9 Å². The molecule has 0 unspecified atom stereocenters. The van der Waals surface area contributed by atoms with Crippen LogP contribution in [0.25, 0.3) is 10.9 Å². The van der Waals surface area contributed by atoms with Crippen molar-refractivity contribution in [3.63, 3.8) is 0 Å². The molecule has 4 N–H and O–H groups in total. The Hall–Kier alpha value is -4.34. The van der Waals surface area contributed by atoms with Crippen LogP contribution in [-0.4, -0.2) is 28.1 Å². The summed E-state index contributed by atoms with van der Waals surface area (Å²) in [4.78, 5) is 25.0. The maximum Gasteiger partial charge on any atom is 0.416 e. The van der Waals surface area contributed by atoms with Crippen molar-refractivity contribution in [2.45, 2.75) is 32.0 Å². The Labute approximate surface area is 204 Å². The summed E-state index contributed by atoms with van der Waals surface area (Å²) >= 11 is 0. The molecule has 1 heterocycles. The summed E-state index contributed by atoms with van der Waals surface area (Å²) in [6.45, 7) is 1.88. The molecule has 1 saturated carbocycles. The number of nitrogens with one attached hydrogen (secondary N) is 4. The molecule has 7 nitrogen and oxygen atoms in total. The van der Waals surface area contributed by atoms with Gasteiger partial charge in [-0.15, -0.1) is 0 Å². The number of carbonyl (C=O) groups excluding carboxylic acids is 2. The zero-order valence-electron chi connectivity index (χ0n) is 19.2. The molecule has 0 saturated heterocycles. The van der Waals surface area contributed by atoms with Crippen molar-refractivity contribution in [1.29, 1.82) is 0 Å². The van der Waals surface area contributed by atoms with E-state index >= 15 is 0 Å². The van der Waals surface area contributed by atoms with Crippen molar-refractivity contribution in [2.75, 3.05) is 10.6 Å². The number of fused-ring (bicyclic) bond motifs is 1. The second kappa shape index (κ2) is 9.03. The number of benzene rings is 3. The molecule has 5 rings (SSSR count). The minimum Gasteiger partial charge on any atom is -0.355 e. The lowest BCUT2D eigenvalue weighted by atomic mass is 10.1. The molecule has 1 fully saturated rings. The monoisotopic (exact) mass is 493 g/mol. The van der Waals surface area contributed by atoms with Gasteiger partial charge in [0.05, 0.1) is 11.1 Å². The van der Waals surface area contributed by atoms with Gasteiger partial charge >= 0.3 is 6.18 Å². The van der Waals surface area contributed by atoms with Crippen molar-refractivity contribution in [3.05, 3.63) is 83.0 Å². The number of H-pyrrole nitrogens is 1. The number of carbonyl (C=O) groups is 2. The highest BCUT2D eigenvalue weighted by atomic mass is 19.4. The van der Waals surface area contributed by atoms with Crippen LogP contribution >= 0.6 is 0 Å². The van der Waals surface area contributed by atoms with E-state index in [-0.39, 0.29) is 17.5 Å². The van der Waals surface area contributed by atoms with Gasteiger partial charge in [-0.25, -0.2) is 0 Å². The van der Waals surface area contributed by atoms with E-state index in [2.05, 4.69) is 26.1 Å². The lowest BCUT2D eigenvalue weighted by Crippen LogP contribution is -2.25. The number of hydrogen-bond donors (Lipinski definition) is 4. The quantitative estimate of drug-likeness (QED) is 0.274. The molecule has 4 aromatic rings. The molecule has 36 heavy (non-hydrogen) atoms. The minimum atomic E-state index is -4.53. The Bertz CT molecular complexity index is 1470. The van der Waals surface area contributed by atoms with E-state index in [0.717, 1.165) is 36.2 Å². The van der Waals surface area contributed by atoms with E-state index in [4.69, 9.17) is 0 Å². The third-order valence-electron chi connectivity index (χ3n) is 5.92. The molecule has 184 valence electrons. The molecule has 0 atom stereocenters. The predicted octanol–water partition coefficient (Wildman–Crippen LogP) is 5.78. The van der Waals surface area contributed by atoms with Crippen molar-refractivity contribution in [1.82, 2.24) is 15.5 Å². The smallest absolute Gasteiger partial charge is 0.355 e. The van der Waals surface area contributed by atoms with Gasteiger partial charge in [-0.3, -0.25) is 14.7 Å². The first-order chi connectivity index (χ1) is 17.2. The molecule has 0 radical (unpaired) electrons. The molecule has 0 spiro atoms. The molecule has 0 bridgehead atoms. The molecule has 3 aromatic carbocycles. The molecular weight excluding hydrogens is 471 g/mol. The third-order valence-corrected chi connectivity index (χ3v) is 5.92. The molecular formula is C26H22F3N5O2. The Balaban J connectivity index is 1.33. The van der Waals surface area contributed by atoms with Crippen molar-refractivity contribution in [2.24, 2.45) is 0 Å². The van der Waals surface area contributed by atoms with Crippen LogP contribution in [0.15, 0.2) is 60.7 Å². The van der Waals surface area contributed by atoms with E-state index in [1.165, 1.54) is 12.1 Å².